The van der Waals surface area contributed by atoms with Gasteiger partial charge in [-0.2, -0.15) is 0 Å². The number of hydrogen-bond donors (Lipinski definition) is 1. The Hall–Kier alpha value is -4.29. The van der Waals surface area contributed by atoms with Crippen molar-refractivity contribution >= 4 is 39.0 Å². The number of amides is 1. The molecule has 0 unspecified atom stereocenters. The number of nitrogens with zero attached hydrogens (tertiary/aromatic N) is 4. The van der Waals surface area contributed by atoms with Crippen LogP contribution in [0.2, 0.25) is 0 Å². The third-order valence-corrected chi connectivity index (χ3v) is 8.26. The van der Waals surface area contributed by atoms with E-state index in [4.69, 9.17) is 0 Å². The molecule has 7 rings (SSSR count). The van der Waals surface area contributed by atoms with Crippen LogP contribution in [0.25, 0.3) is 32.9 Å². The van der Waals surface area contributed by atoms with Crippen LogP contribution >= 0.6 is 0 Å². The van der Waals surface area contributed by atoms with Crippen molar-refractivity contribution in [2.24, 2.45) is 0 Å². The number of pyridine rings is 2. The molecule has 0 bridgehead atoms. The van der Waals surface area contributed by atoms with Crippen LogP contribution in [-0.2, 0) is 0 Å². The van der Waals surface area contributed by atoms with E-state index >= 15 is 0 Å². The van der Waals surface area contributed by atoms with Crippen molar-refractivity contribution in [3.8, 4) is 11.3 Å². The molecule has 39 heavy (non-hydrogen) atoms. The highest BCUT2D eigenvalue weighted by Crippen LogP contribution is 2.33. The molecule has 0 saturated carbocycles. The summed E-state index contributed by atoms with van der Waals surface area (Å²) in [7, 11) is 0. The normalized spacial score (nSPS) is 17.5. The number of carbonyl (C=O) groups is 1. The molecule has 2 saturated heterocycles. The van der Waals surface area contributed by atoms with Gasteiger partial charge in [0, 0.05) is 66.0 Å². The third kappa shape index (κ3) is 4.41. The minimum atomic E-state index is -0.126. The highest BCUT2D eigenvalue weighted by atomic mass is 16.1. The predicted octanol–water partition coefficient (Wildman–Crippen LogP) is 6.30. The van der Waals surface area contributed by atoms with Gasteiger partial charge < -0.3 is 10.2 Å². The molecule has 1 atom stereocenters. The van der Waals surface area contributed by atoms with Gasteiger partial charge in [-0.3, -0.25) is 19.7 Å². The van der Waals surface area contributed by atoms with Crippen LogP contribution in [0.1, 0.15) is 28.8 Å². The number of aromatic nitrogens is 2. The van der Waals surface area contributed by atoms with Gasteiger partial charge in [0.1, 0.15) is 0 Å². The summed E-state index contributed by atoms with van der Waals surface area (Å²) in [6.07, 6.45) is 6.34. The van der Waals surface area contributed by atoms with Crippen molar-refractivity contribution < 1.29 is 4.79 Å². The molecule has 2 aliphatic heterocycles. The Balaban J connectivity index is 1.20. The number of anilines is 2. The molecule has 2 fully saturated rings. The summed E-state index contributed by atoms with van der Waals surface area (Å²) in [5, 5.41) is 6.16. The number of rotatable bonds is 4. The highest BCUT2D eigenvalue weighted by Gasteiger charge is 2.31. The number of hydrogen-bond acceptors (Lipinski definition) is 5. The molecule has 6 heteroatoms. The Morgan fingerprint density at radius 1 is 0.897 bits per heavy atom. The average molecular weight is 514 g/mol. The molecule has 4 heterocycles. The second-order valence-electron chi connectivity index (χ2n) is 10.7. The smallest absolute Gasteiger partial charge is 0.256 e. The van der Waals surface area contributed by atoms with Crippen LogP contribution in [0.4, 0.5) is 11.4 Å². The molecule has 1 amide bonds. The zero-order chi connectivity index (χ0) is 26.3. The maximum absolute atomic E-state index is 13.6. The van der Waals surface area contributed by atoms with Crippen LogP contribution in [0, 0.1) is 6.92 Å². The fourth-order valence-electron chi connectivity index (χ4n) is 6.25. The molecule has 3 aromatic carbocycles. The largest absolute Gasteiger partial charge is 0.368 e. The number of fused-ring (bicyclic) bond motifs is 3. The number of aryl methyl sites for hydroxylation is 1. The van der Waals surface area contributed by atoms with Crippen molar-refractivity contribution in [2.75, 3.05) is 36.4 Å². The molecule has 6 nitrogen and oxygen atoms in total. The Kier molecular flexibility index (Phi) is 5.97. The van der Waals surface area contributed by atoms with Gasteiger partial charge in [-0.25, -0.2) is 0 Å². The fraction of sp³-hybridized carbons (Fsp3) is 0.242. The summed E-state index contributed by atoms with van der Waals surface area (Å²) in [6, 6.07) is 24.8. The molecule has 0 spiro atoms. The minimum absolute atomic E-state index is 0.126. The first-order valence-electron chi connectivity index (χ1n) is 13.8. The van der Waals surface area contributed by atoms with E-state index in [1.54, 1.807) is 0 Å². The first-order valence-corrected chi connectivity index (χ1v) is 13.8. The average Bonchev–Trinajstić information content (AvgIpc) is 3.45. The molecular formula is C33H31N5O. The lowest BCUT2D eigenvalue weighted by molar-refractivity contribution is 0.102. The quantitative estimate of drug-likeness (QED) is 0.306. The minimum Gasteiger partial charge on any atom is -0.368 e. The van der Waals surface area contributed by atoms with E-state index in [0.29, 0.717) is 11.6 Å². The summed E-state index contributed by atoms with van der Waals surface area (Å²) in [6.45, 7) is 6.42. The molecule has 2 aromatic heterocycles. The fourth-order valence-corrected chi connectivity index (χ4v) is 6.25. The Morgan fingerprint density at radius 3 is 2.69 bits per heavy atom. The molecule has 1 N–H and O–H groups in total. The van der Waals surface area contributed by atoms with Crippen molar-refractivity contribution in [3.63, 3.8) is 0 Å². The first-order chi connectivity index (χ1) is 19.1. The van der Waals surface area contributed by atoms with E-state index in [0.717, 1.165) is 63.8 Å². The van der Waals surface area contributed by atoms with Crippen molar-refractivity contribution in [3.05, 3.63) is 96.3 Å². The molecule has 0 radical (unpaired) electrons. The zero-order valence-corrected chi connectivity index (χ0v) is 22.1. The lowest BCUT2D eigenvalue weighted by atomic mass is 9.97. The Morgan fingerprint density at radius 2 is 1.79 bits per heavy atom. The lowest BCUT2D eigenvalue weighted by Gasteiger charge is -2.39. The van der Waals surface area contributed by atoms with E-state index < -0.39 is 0 Å². The number of carbonyl (C=O) groups excluding carboxylic acids is 1. The Labute approximate surface area is 228 Å². The second kappa shape index (κ2) is 9.79. The first kappa shape index (κ1) is 23.8. The van der Waals surface area contributed by atoms with Crippen molar-refractivity contribution in [1.29, 1.82) is 0 Å². The van der Waals surface area contributed by atoms with Gasteiger partial charge in [-0.1, -0.05) is 36.4 Å². The van der Waals surface area contributed by atoms with Crippen molar-refractivity contribution in [2.45, 2.75) is 25.8 Å². The van der Waals surface area contributed by atoms with E-state index in [1.807, 2.05) is 61.8 Å². The van der Waals surface area contributed by atoms with E-state index in [1.165, 1.54) is 25.1 Å². The van der Waals surface area contributed by atoms with E-state index in [-0.39, 0.29) is 5.91 Å². The molecular weight excluding hydrogens is 482 g/mol. The molecule has 0 aliphatic carbocycles. The maximum Gasteiger partial charge on any atom is 0.256 e. The van der Waals surface area contributed by atoms with Gasteiger partial charge in [-0.05, 0) is 79.0 Å². The highest BCUT2D eigenvalue weighted by molar-refractivity contribution is 6.15. The number of piperazine rings is 1. The summed E-state index contributed by atoms with van der Waals surface area (Å²) >= 11 is 0. The SMILES string of the molecule is Cc1ccc(-c2cccc3c(C(=O)Nc4ccc5nccc(N6CCN7CCC[C@H]7C6)c5c4)cccc23)nc1. The lowest BCUT2D eigenvalue weighted by Crippen LogP contribution is -2.50. The summed E-state index contributed by atoms with van der Waals surface area (Å²) in [4.78, 5) is 28.0. The topological polar surface area (TPSA) is 61.4 Å². The summed E-state index contributed by atoms with van der Waals surface area (Å²) < 4.78 is 0. The van der Waals surface area contributed by atoms with Crippen molar-refractivity contribution in [1.82, 2.24) is 14.9 Å². The van der Waals surface area contributed by atoms with Gasteiger partial charge in [-0.15, -0.1) is 0 Å². The molecule has 2 aliphatic rings. The third-order valence-electron chi connectivity index (χ3n) is 8.26. The van der Waals surface area contributed by atoms with Gasteiger partial charge in [0.2, 0.25) is 0 Å². The van der Waals surface area contributed by atoms with E-state index in [9.17, 15) is 4.79 Å². The van der Waals surface area contributed by atoms with Gasteiger partial charge in [0.05, 0.1) is 11.2 Å². The molecule has 5 aromatic rings. The van der Waals surface area contributed by atoms with Crippen LogP contribution in [-0.4, -0.2) is 53.0 Å². The zero-order valence-electron chi connectivity index (χ0n) is 22.1. The standard InChI is InChI=1S/C33H31N5O/c1-22-10-12-30(35-20-22)27-8-2-7-26-25(27)6-3-9-28(26)33(39)36-23-11-13-31-29(19-23)32(14-15-34-31)38-18-17-37-16-4-5-24(37)21-38/h2-3,6-15,19-20,24H,4-5,16-18,21H2,1H3,(H,36,39)/t24-/m0/s1. The predicted molar refractivity (Wildman–Crippen MR) is 158 cm³/mol. The van der Waals surface area contributed by atoms with Gasteiger partial charge in [0.15, 0.2) is 0 Å². The monoisotopic (exact) mass is 513 g/mol. The number of benzene rings is 3. The van der Waals surface area contributed by atoms with Crippen LogP contribution in [0.3, 0.4) is 0 Å². The van der Waals surface area contributed by atoms with Gasteiger partial charge in [0.25, 0.3) is 5.91 Å². The van der Waals surface area contributed by atoms with Crippen LogP contribution in [0.15, 0.2) is 85.2 Å². The second-order valence-corrected chi connectivity index (χ2v) is 10.7. The van der Waals surface area contributed by atoms with E-state index in [2.05, 4.69) is 55.4 Å². The van der Waals surface area contributed by atoms with Crippen LogP contribution < -0.4 is 10.2 Å². The maximum atomic E-state index is 13.6. The summed E-state index contributed by atoms with van der Waals surface area (Å²) in [5.74, 6) is -0.126. The van der Waals surface area contributed by atoms with Crippen LogP contribution in [0.5, 0.6) is 0 Å². The number of nitrogens with one attached hydrogen (secondary N) is 1. The van der Waals surface area contributed by atoms with Gasteiger partial charge >= 0.3 is 0 Å². The molecule has 194 valence electrons. The summed E-state index contributed by atoms with van der Waals surface area (Å²) in [5.41, 5.74) is 6.60. The Bertz CT molecular complexity index is 1700.